The molecule has 0 saturated carbocycles. The van der Waals surface area contributed by atoms with Crippen molar-refractivity contribution in [2.24, 2.45) is 11.8 Å². The highest BCUT2D eigenvalue weighted by atomic mass is 16.2. The van der Waals surface area contributed by atoms with Crippen LogP contribution in [0.25, 0.3) is 0 Å². The molecule has 0 bridgehead atoms. The number of nitrogens with one attached hydrogen (secondary N) is 1. The van der Waals surface area contributed by atoms with Crippen LogP contribution in [0, 0.1) is 23.2 Å². The van der Waals surface area contributed by atoms with Crippen LogP contribution >= 0.6 is 0 Å². The quantitative estimate of drug-likeness (QED) is 0.918. The number of carbonyl (C=O) groups is 1. The molecule has 1 N–H and O–H groups in total. The number of hydrogen-bond donors (Lipinski definition) is 1. The molecule has 1 aromatic rings. The molecule has 1 heterocycles. The van der Waals surface area contributed by atoms with Crippen LogP contribution in [-0.4, -0.2) is 30.4 Å². The van der Waals surface area contributed by atoms with Crippen molar-refractivity contribution in [3.8, 4) is 6.07 Å². The van der Waals surface area contributed by atoms with E-state index < -0.39 is 0 Å². The number of nitrogens with zero attached hydrogens (tertiary/aromatic N) is 2. The highest BCUT2D eigenvalue weighted by Crippen LogP contribution is 2.20. The molecule has 0 aliphatic carbocycles. The van der Waals surface area contributed by atoms with Gasteiger partial charge >= 0.3 is 0 Å². The molecule has 4 nitrogen and oxygen atoms in total. The summed E-state index contributed by atoms with van der Waals surface area (Å²) in [5.74, 6) is 1.32. The number of carbonyl (C=O) groups excluding carboxylic acids is 1. The van der Waals surface area contributed by atoms with E-state index in [-0.39, 0.29) is 5.91 Å². The lowest BCUT2D eigenvalue weighted by Crippen LogP contribution is -2.42. The summed E-state index contributed by atoms with van der Waals surface area (Å²) in [4.78, 5) is 14.3. The van der Waals surface area contributed by atoms with Gasteiger partial charge in [0.15, 0.2) is 0 Å². The molecule has 20 heavy (non-hydrogen) atoms. The van der Waals surface area contributed by atoms with Gasteiger partial charge in [-0.15, -0.1) is 0 Å². The second kappa shape index (κ2) is 6.53. The second-order valence-electron chi connectivity index (χ2n) is 5.88. The SMILES string of the molecule is C[C@@H]1C[C@H](C)CN(CC(=O)Nc2ccc(C#N)cc2)C1. The first-order chi connectivity index (χ1) is 9.56. The number of anilines is 1. The number of rotatable bonds is 3. The molecule has 2 atom stereocenters. The van der Waals surface area contributed by atoms with Gasteiger partial charge in [0.05, 0.1) is 18.2 Å². The van der Waals surface area contributed by atoms with Crippen LogP contribution in [0.15, 0.2) is 24.3 Å². The third-order valence-corrected chi connectivity index (χ3v) is 3.61. The molecule has 0 aromatic heterocycles. The van der Waals surface area contributed by atoms with Crippen LogP contribution in [0.4, 0.5) is 5.69 Å². The number of amides is 1. The largest absolute Gasteiger partial charge is 0.325 e. The fourth-order valence-electron chi connectivity index (χ4n) is 2.95. The van der Waals surface area contributed by atoms with Crippen molar-refractivity contribution in [1.29, 1.82) is 5.26 Å². The number of hydrogen-bond acceptors (Lipinski definition) is 3. The summed E-state index contributed by atoms with van der Waals surface area (Å²) in [6, 6.07) is 9.00. The van der Waals surface area contributed by atoms with E-state index in [9.17, 15) is 4.79 Å². The van der Waals surface area contributed by atoms with Crippen molar-refractivity contribution in [3.63, 3.8) is 0 Å². The van der Waals surface area contributed by atoms with E-state index in [2.05, 4.69) is 30.1 Å². The number of piperidine rings is 1. The van der Waals surface area contributed by atoms with Gasteiger partial charge in [0.1, 0.15) is 0 Å². The minimum Gasteiger partial charge on any atom is -0.325 e. The Labute approximate surface area is 120 Å². The minimum atomic E-state index is 0.0102. The van der Waals surface area contributed by atoms with E-state index in [0.29, 0.717) is 23.9 Å². The molecule has 0 unspecified atom stereocenters. The molecule has 1 aromatic carbocycles. The van der Waals surface area contributed by atoms with Gasteiger partial charge in [0.25, 0.3) is 0 Å². The van der Waals surface area contributed by atoms with Crippen molar-refractivity contribution in [2.75, 3.05) is 25.0 Å². The van der Waals surface area contributed by atoms with Gasteiger partial charge in [-0.2, -0.15) is 5.26 Å². The number of benzene rings is 1. The van der Waals surface area contributed by atoms with Gasteiger partial charge in [-0.1, -0.05) is 13.8 Å². The lowest BCUT2D eigenvalue weighted by atomic mass is 9.92. The average molecular weight is 271 g/mol. The third kappa shape index (κ3) is 4.07. The van der Waals surface area contributed by atoms with E-state index >= 15 is 0 Å². The van der Waals surface area contributed by atoms with Crippen LogP contribution < -0.4 is 5.32 Å². The molecule has 1 aliphatic heterocycles. The maximum atomic E-state index is 12.0. The van der Waals surface area contributed by atoms with Gasteiger partial charge in [-0.05, 0) is 42.5 Å². The van der Waals surface area contributed by atoms with E-state index in [0.717, 1.165) is 18.8 Å². The number of likely N-dealkylation sites (tertiary alicyclic amines) is 1. The molecular weight excluding hydrogens is 250 g/mol. The second-order valence-corrected chi connectivity index (χ2v) is 5.88. The zero-order valence-corrected chi connectivity index (χ0v) is 12.1. The van der Waals surface area contributed by atoms with Gasteiger partial charge in [-0.25, -0.2) is 0 Å². The van der Waals surface area contributed by atoms with E-state index in [4.69, 9.17) is 5.26 Å². The summed E-state index contributed by atoms with van der Waals surface area (Å²) in [6.45, 7) is 6.90. The van der Waals surface area contributed by atoms with E-state index in [1.165, 1.54) is 6.42 Å². The summed E-state index contributed by atoms with van der Waals surface area (Å²) < 4.78 is 0. The highest BCUT2D eigenvalue weighted by Gasteiger charge is 2.23. The van der Waals surface area contributed by atoms with Crippen LogP contribution in [0.3, 0.4) is 0 Å². The Morgan fingerprint density at radius 2 is 1.90 bits per heavy atom. The van der Waals surface area contributed by atoms with Crippen molar-refractivity contribution in [2.45, 2.75) is 20.3 Å². The molecule has 1 aliphatic rings. The Hall–Kier alpha value is -1.86. The lowest BCUT2D eigenvalue weighted by molar-refractivity contribution is -0.117. The number of nitriles is 1. The van der Waals surface area contributed by atoms with Crippen molar-refractivity contribution in [1.82, 2.24) is 4.90 Å². The van der Waals surface area contributed by atoms with Crippen molar-refractivity contribution in [3.05, 3.63) is 29.8 Å². The third-order valence-electron chi connectivity index (χ3n) is 3.61. The first-order valence-corrected chi connectivity index (χ1v) is 7.09. The molecule has 1 amide bonds. The minimum absolute atomic E-state index is 0.0102. The summed E-state index contributed by atoms with van der Waals surface area (Å²) >= 11 is 0. The monoisotopic (exact) mass is 271 g/mol. The van der Waals surface area contributed by atoms with Gasteiger partial charge < -0.3 is 5.32 Å². The van der Waals surface area contributed by atoms with Crippen LogP contribution in [0.2, 0.25) is 0 Å². The maximum absolute atomic E-state index is 12.0. The first kappa shape index (κ1) is 14.5. The first-order valence-electron chi connectivity index (χ1n) is 7.09. The molecule has 0 spiro atoms. The Morgan fingerprint density at radius 1 is 1.30 bits per heavy atom. The predicted octanol–water partition coefficient (Wildman–Crippen LogP) is 2.47. The zero-order valence-electron chi connectivity index (χ0n) is 12.1. The van der Waals surface area contributed by atoms with Crippen molar-refractivity contribution >= 4 is 11.6 Å². The molecule has 4 heteroatoms. The van der Waals surface area contributed by atoms with Crippen LogP contribution in [0.1, 0.15) is 25.8 Å². The van der Waals surface area contributed by atoms with E-state index in [1.807, 2.05) is 0 Å². The topological polar surface area (TPSA) is 56.1 Å². The molecular formula is C16H21N3O. The van der Waals surface area contributed by atoms with Crippen LogP contribution in [-0.2, 0) is 4.79 Å². The summed E-state index contributed by atoms with van der Waals surface area (Å²) in [6.07, 6.45) is 1.24. The van der Waals surface area contributed by atoms with E-state index in [1.54, 1.807) is 24.3 Å². The molecule has 0 radical (unpaired) electrons. The highest BCUT2D eigenvalue weighted by molar-refractivity contribution is 5.92. The van der Waals surface area contributed by atoms with Gasteiger partial charge in [0, 0.05) is 18.8 Å². The fraction of sp³-hybridized carbons (Fsp3) is 0.500. The zero-order chi connectivity index (χ0) is 14.5. The lowest BCUT2D eigenvalue weighted by Gasteiger charge is -2.34. The van der Waals surface area contributed by atoms with Gasteiger partial charge in [0.2, 0.25) is 5.91 Å². The summed E-state index contributed by atoms with van der Waals surface area (Å²) in [7, 11) is 0. The Kier molecular flexibility index (Phi) is 4.75. The van der Waals surface area contributed by atoms with Gasteiger partial charge in [-0.3, -0.25) is 9.69 Å². The molecule has 1 fully saturated rings. The normalized spacial score (nSPS) is 23.1. The summed E-state index contributed by atoms with van der Waals surface area (Å²) in [5, 5.41) is 11.6. The molecule has 106 valence electrons. The Bertz CT molecular complexity index is 493. The smallest absolute Gasteiger partial charge is 0.238 e. The Balaban J connectivity index is 1.87. The fourth-order valence-corrected chi connectivity index (χ4v) is 2.95. The maximum Gasteiger partial charge on any atom is 0.238 e. The Morgan fingerprint density at radius 3 is 2.45 bits per heavy atom. The predicted molar refractivity (Wildman–Crippen MR) is 79.2 cm³/mol. The van der Waals surface area contributed by atoms with Crippen molar-refractivity contribution < 1.29 is 4.79 Å². The standard InChI is InChI=1S/C16H21N3O/c1-12-7-13(2)10-19(9-12)11-16(20)18-15-5-3-14(8-17)4-6-15/h3-6,12-13H,7,9-11H2,1-2H3,(H,18,20)/t12-,13+. The molecule has 1 saturated heterocycles. The molecule has 2 rings (SSSR count). The summed E-state index contributed by atoms with van der Waals surface area (Å²) in [5.41, 5.74) is 1.34. The van der Waals surface area contributed by atoms with Crippen LogP contribution in [0.5, 0.6) is 0 Å². The average Bonchev–Trinajstić information content (AvgIpc) is 2.38.